The van der Waals surface area contributed by atoms with Gasteiger partial charge < -0.3 is 10.6 Å². The molecule has 0 bridgehead atoms. The Hall–Kier alpha value is -0.870. The predicted molar refractivity (Wildman–Crippen MR) is 71.6 cm³/mol. The molecule has 0 aliphatic carbocycles. The Balaban J connectivity index is 1.83. The zero-order valence-electron chi connectivity index (χ0n) is 9.71. The van der Waals surface area contributed by atoms with Crippen LogP contribution in [0.3, 0.4) is 0 Å². The van der Waals surface area contributed by atoms with Crippen molar-refractivity contribution in [1.82, 2.24) is 10.6 Å². The van der Waals surface area contributed by atoms with E-state index in [4.69, 9.17) is 0 Å². The van der Waals surface area contributed by atoms with Crippen LogP contribution in [0, 0.1) is 0 Å². The number of benzene rings is 1. The van der Waals surface area contributed by atoms with Crippen molar-refractivity contribution < 1.29 is 4.79 Å². The molecule has 3 nitrogen and oxygen atoms in total. The minimum absolute atomic E-state index is 0.00379. The van der Waals surface area contributed by atoms with Crippen LogP contribution in [0.1, 0.15) is 24.8 Å². The number of rotatable bonds is 3. The van der Waals surface area contributed by atoms with Gasteiger partial charge in [0.05, 0.1) is 6.04 Å². The lowest BCUT2D eigenvalue weighted by molar-refractivity contribution is -0.123. The third-order valence-corrected chi connectivity index (χ3v) is 3.48. The van der Waals surface area contributed by atoms with Gasteiger partial charge in [-0.05, 0) is 37.1 Å². The van der Waals surface area contributed by atoms with Crippen LogP contribution in [0.15, 0.2) is 28.7 Å². The van der Waals surface area contributed by atoms with Crippen molar-refractivity contribution in [2.24, 2.45) is 0 Å². The van der Waals surface area contributed by atoms with Crippen LogP contribution < -0.4 is 10.6 Å². The van der Waals surface area contributed by atoms with E-state index in [9.17, 15) is 4.79 Å². The molecule has 1 aliphatic heterocycles. The summed E-state index contributed by atoms with van der Waals surface area (Å²) in [5.41, 5.74) is 1.11. The number of nitrogens with one attached hydrogen (secondary N) is 2. The van der Waals surface area contributed by atoms with E-state index in [0.717, 1.165) is 29.4 Å². The predicted octanol–water partition coefficient (Wildman–Crippen LogP) is 2.21. The van der Waals surface area contributed by atoms with Gasteiger partial charge in [0.15, 0.2) is 0 Å². The Bertz CT molecular complexity index is 389. The molecule has 0 spiro atoms. The van der Waals surface area contributed by atoms with Crippen LogP contribution in [0.2, 0.25) is 0 Å². The SMILES string of the molecule is O=C(NCc1cccc(Br)c1)[C@@H]1CCCCN1. The van der Waals surface area contributed by atoms with Crippen LogP contribution in [-0.4, -0.2) is 18.5 Å². The number of halogens is 1. The topological polar surface area (TPSA) is 41.1 Å². The van der Waals surface area contributed by atoms with E-state index in [2.05, 4.69) is 26.6 Å². The van der Waals surface area contributed by atoms with Gasteiger partial charge in [-0.15, -0.1) is 0 Å². The second kappa shape index (κ2) is 6.17. The monoisotopic (exact) mass is 296 g/mol. The number of carbonyl (C=O) groups is 1. The molecule has 17 heavy (non-hydrogen) atoms. The molecule has 4 heteroatoms. The third-order valence-electron chi connectivity index (χ3n) is 2.98. The fourth-order valence-corrected chi connectivity index (χ4v) is 2.48. The Morgan fingerprint density at radius 1 is 1.47 bits per heavy atom. The summed E-state index contributed by atoms with van der Waals surface area (Å²) in [6.45, 7) is 1.55. The highest BCUT2D eigenvalue weighted by Gasteiger charge is 2.19. The summed E-state index contributed by atoms with van der Waals surface area (Å²) < 4.78 is 1.04. The van der Waals surface area contributed by atoms with Crippen molar-refractivity contribution in [3.63, 3.8) is 0 Å². The molecule has 1 aromatic carbocycles. The van der Waals surface area contributed by atoms with Gasteiger partial charge in [-0.25, -0.2) is 0 Å². The van der Waals surface area contributed by atoms with Gasteiger partial charge >= 0.3 is 0 Å². The summed E-state index contributed by atoms with van der Waals surface area (Å²) in [5, 5.41) is 6.22. The molecule has 0 aromatic heterocycles. The van der Waals surface area contributed by atoms with Crippen LogP contribution in [0.4, 0.5) is 0 Å². The molecule has 1 heterocycles. The zero-order valence-corrected chi connectivity index (χ0v) is 11.3. The van der Waals surface area contributed by atoms with Crippen LogP contribution >= 0.6 is 15.9 Å². The molecule has 1 amide bonds. The van der Waals surface area contributed by atoms with E-state index >= 15 is 0 Å². The van der Waals surface area contributed by atoms with E-state index < -0.39 is 0 Å². The summed E-state index contributed by atoms with van der Waals surface area (Å²) in [5.74, 6) is 0.115. The largest absolute Gasteiger partial charge is 0.351 e. The molecule has 0 unspecified atom stereocenters. The number of hydrogen-bond donors (Lipinski definition) is 2. The maximum absolute atomic E-state index is 11.9. The second-order valence-electron chi connectivity index (χ2n) is 4.35. The lowest BCUT2D eigenvalue weighted by Crippen LogP contribution is -2.46. The molecule has 0 saturated carbocycles. The summed E-state index contributed by atoms with van der Waals surface area (Å²) >= 11 is 3.42. The van der Waals surface area contributed by atoms with Gasteiger partial charge in [-0.3, -0.25) is 4.79 Å². The summed E-state index contributed by atoms with van der Waals surface area (Å²) in [4.78, 5) is 11.9. The maximum atomic E-state index is 11.9. The molecule has 2 N–H and O–H groups in total. The van der Waals surface area contributed by atoms with Crippen LogP contribution in [-0.2, 0) is 11.3 Å². The first-order valence-corrected chi connectivity index (χ1v) is 6.80. The average molecular weight is 297 g/mol. The van der Waals surface area contributed by atoms with Crippen molar-refractivity contribution in [3.8, 4) is 0 Å². The number of amides is 1. The minimum Gasteiger partial charge on any atom is -0.351 e. The maximum Gasteiger partial charge on any atom is 0.237 e. The summed E-state index contributed by atoms with van der Waals surface area (Å²) in [6, 6.07) is 7.99. The number of hydrogen-bond acceptors (Lipinski definition) is 2. The van der Waals surface area contributed by atoms with Crippen molar-refractivity contribution in [3.05, 3.63) is 34.3 Å². The van der Waals surface area contributed by atoms with Gasteiger partial charge in [-0.2, -0.15) is 0 Å². The quantitative estimate of drug-likeness (QED) is 0.898. The molecule has 2 rings (SSSR count). The van der Waals surface area contributed by atoms with Gasteiger partial charge in [0.1, 0.15) is 0 Å². The highest BCUT2D eigenvalue weighted by atomic mass is 79.9. The lowest BCUT2D eigenvalue weighted by atomic mass is 10.0. The summed E-state index contributed by atoms with van der Waals surface area (Å²) in [7, 11) is 0. The van der Waals surface area contributed by atoms with Crippen molar-refractivity contribution in [2.45, 2.75) is 31.8 Å². The molecule has 1 aliphatic rings. The summed E-state index contributed by atoms with van der Waals surface area (Å²) in [6.07, 6.45) is 3.27. The van der Waals surface area contributed by atoms with E-state index in [1.54, 1.807) is 0 Å². The molecule has 92 valence electrons. The molecule has 1 saturated heterocycles. The molecule has 1 fully saturated rings. The molecular formula is C13H17BrN2O. The Labute approximate surface area is 110 Å². The zero-order chi connectivity index (χ0) is 12.1. The van der Waals surface area contributed by atoms with Gasteiger partial charge in [-0.1, -0.05) is 34.5 Å². The van der Waals surface area contributed by atoms with E-state index in [1.165, 1.54) is 6.42 Å². The lowest BCUT2D eigenvalue weighted by Gasteiger charge is -2.22. The van der Waals surface area contributed by atoms with Gasteiger partial charge in [0.2, 0.25) is 5.91 Å². The smallest absolute Gasteiger partial charge is 0.237 e. The number of piperidine rings is 1. The molecule has 1 atom stereocenters. The highest BCUT2D eigenvalue weighted by Crippen LogP contribution is 2.12. The first kappa shape index (κ1) is 12.6. The Morgan fingerprint density at radius 3 is 3.06 bits per heavy atom. The van der Waals surface area contributed by atoms with Crippen LogP contribution in [0.5, 0.6) is 0 Å². The fraction of sp³-hybridized carbons (Fsp3) is 0.462. The Kier molecular flexibility index (Phi) is 4.57. The van der Waals surface area contributed by atoms with Crippen molar-refractivity contribution in [1.29, 1.82) is 0 Å². The fourth-order valence-electron chi connectivity index (χ4n) is 2.03. The van der Waals surface area contributed by atoms with E-state index in [-0.39, 0.29) is 11.9 Å². The first-order valence-electron chi connectivity index (χ1n) is 6.01. The van der Waals surface area contributed by atoms with E-state index in [0.29, 0.717) is 6.54 Å². The van der Waals surface area contributed by atoms with Gasteiger partial charge in [0, 0.05) is 11.0 Å². The normalized spacial score (nSPS) is 19.9. The molecular weight excluding hydrogens is 280 g/mol. The number of carbonyl (C=O) groups excluding carboxylic acids is 1. The van der Waals surface area contributed by atoms with Crippen LogP contribution in [0.25, 0.3) is 0 Å². The van der Waals surface area contributed by atoms with Gasteiger partial charge in [0.25, 0.3) is 0 Å². The highest BCUT2D eigenvalue weighted by molar-refractivity contribution is 9.10. The standard InChI is InChI=1S/C13H17BrN2O/c14-11-5-3-4-10(8-11)9-16-13(17)12-6-1-2-7-15-12/h3-5,8,12,15H,1-2,6-7,9H2,(H,16,17)/t12-/m0/s1. The average Bonchev–Trinajstić information content (AvgIpc) is 2.37. The third kappa shape index (κ3) is 3.82. The minimum atomic E-state index is -0.00379. The Morgan fingerprint density at radius 2 is 2.35 bits per heavy atom. The second-order valence-corrected chi connectivity index (χ2v) is 5.27. The molecule has 0 radical (unpaired) electrons. The van der Waals surface area contributed by atoms with Crippen molar-refractivity contribution in [2.75, 3.05) is 6.54 Å². The van der Waals surface area contributed by atoms with Crippen molar-refractivity contribution >= 4 is 21.8 Å². The molecule has 1 aromatic rings. The van der Waals surface area contributed by atoms with E-state index in [1.807, 2.05) is 24.3 Å². The first-order chi connectivity index (χ1) is 8.25.